The van der Waals surface area contributed by atoms with Crippen molar-refractivity contribution in [2.75, 3.05) is 13.2 Å². The number of ketones is 1. The van der Waals surface area contributed by atoms with Gasteiger partial charge in [-0.15, -0.1) is 0 Å². The topological polar surface area (TPSA) is 72.8 Å². The molecule has 0 heterocycles. The number of ether oxygens (including phenoxy) is 2. The summed E-state index contributed by atoms with van der Waals surface area (Å²) in [6.45, 7) is -0.337. The quantitative estimate of drug-likeness (QED) is 0.284. The van der Waals surface area contributed by atoms with Gasteiger partial charge in [0.15, 0.2) is 6.61 Å². The van der Waals surface area contributed by atoms with Crippen LogP contribution in [0.4, 0.5) is 17.6 Å². The van der Waals surface area contributed by atoms with Crippen molar-refractivity contribution >= 4 is 17.5 Å². The third-order valence-electron chi connectivity index (χ3n) is 2.36. The molecule has 1 aromatic rings. The van der Waals surface area contributed by atoms with E-state index in [1.165, 1.54) is 6.92 Å². The Labute approximate surface area is 128 Å². The molecule has 0 radical (unpaired) electrons. The first kappa shape index (κ1) is 18.5. The molecule has 126 valence electrons. The van der Waals surface area contributed by atoms with Crippen LogP contribution in [0.2, 0.25) is 0 Å². The van der Waals surface area contributed by atoms with Crippen LogP contribution in [0.25, 0.3) is 5.76 Å². The van der Waals surface area contributed by atoms with E-state index in [4.69, 9.17) is 0 Å². The summed E-state index contributed by atoms with van der Waals surface area (Å²) in [5.74, 6) is -4.88. The molecule has 0 aliphatic heterocycles. The van der Waals surface area contributed by atoms with Crippen LogP contribution in [0.15, 0.2) is 24.3 Å². The monoisotopic (exact) mass is 336 g/mol. The van der Waals surface area contributed by atoms with Gasteiger partial charge in [0.25, 0.3) is 5.78 Å². The minimum absolute atomic E-state index is 0.0737. The summed E-state index contributed by atoms with van der Waals surface area (Å²) in [4.78, 5) is 22.5. The van der Waals surface area contributed by atoms with Gasteiger partial charge in [-0.1, -0.05) is 0 Å². The van der Waals surface area contributed by atoms with Crippen molar-refractivity contribution in [1.29, 1.82) is 0 Å². The highest BCUT2D eigenvalue weighted by Crippen LogP contribution is 2.27. The summed E-state index contributed by atoms with van der Waals surface area (Å²) in [5.41, 5.74) is -0.381. The highest BCUT2D eigenvalue weighted by molar-refractivity contribution is 6.39. The lowest BCUT2D eigenvalue weighted by molar-refractivity contribution is -0.153. The molecule has 0 saturated carbocycles. The summed E-state index contributed by atoms with van der Waals surface area (Å²) < 4.78 is 58.4. The van der Waals surface area contributed by atoms with E-state index in [0.717, 1.165) is 12.1 Å². The second kappa shape index (κ2) is 7.61. The van der Waals surface area contributed by atoms with E-state index < -0.39 is 41.9 Å². The highest BCUT2D eigenvalue weighted by atomic mass is 19.4. The molecule has 0 unspecified atom stereocenters. The first-order chi connectivity index (χ1) is 10.6. The fourth-order valence-electron chi connectivity index (χ4n) is 1.45. The van der Waals surface area contributed by atoms with Crippen LogP contribution in [0.1, 0.15) is 12.5 Å². The minimum atomic E-state index is -4.68. The zero-order chi connectivity index (χ0) is 17.6. The van der Waals surface area contributed by atoms with Gasteiger partial charge < -0.3 is 14.6 Å². The second-order valence-electron chi connectivity index (χ2n) is 4.16. The summed E-state index contributed by atoms with van der Waals surface area (Å²) in [5, 5.41) is 9.76. The lowest BCUT2D eigenvalue weighted by atomic mass is 10.1. The first-order valence-electron chi connectivity index (χ1n) is 6.25. The number of carbonyl (C=O) groups is 2. The molecule has 0 aliphatic carbocycles. The van der Waals surface area contributed by atoms with Gasteiger partial charge in [0.2, 0.25) is 0 Å². The third-order valence-corrected chi connectivity index (χ3v) is 2.36. The number of aliphatic hydroxyl groups excluding tert-OH is 1. The van der Waals surface area contributed by atoms with Gasteiger partial charge in [0.1, 0.15) is 17.3 Å². The van der Waals surface area contributed by atoms with E-state index in [9.17, 15) is 32.3 Å². The van der Waals surface area contributed by atoms with Crippen LogP contribution >= 0.6 is 0 Å². The zero-order valence-electron chi connectivity index (χ0n) is 11.8. The van der Waals surface area contributed by atoms with Crippen LogP contribution in [-0.2, 0) is 14.3 Å². The van der Waals surface area contributed by atoms with E-state index in [-0.39, 0.29) is 12.2 Å². The molecule has 5 nitrogen and oxygen atoms in total. The lowest BCUT2D eigenvalue weighted by Crippen LogP contribution is -2.20. The second-order valence-corrected chi connectivity index (χ2v) is 4.16. The average Bonchev–Trinajstić information content (AvgIpc) is 2.44. The van der Waals surface area contributed by atoms with E-state index >= 15 is 0 Å². The maximum absolute atomic E-state index is 13.1. The van der Waals surface area contributed by atoms with E-state index in [2.05, 4.69) is 9.47 Å². The summed E-state index contributed by atoms with van der Waals surface area (Å²) >= 11 is 0. The minimum Gasteiger partial charge on any atom is -0.507 e. The number of rotatable bonds is 6. The fourth-order valence-corrected chi connectivity index (χ4v) is 1.45. The standard InChI is InChI=1S/C14H12F4O5/c1-2-22-13(21)11(20)6-10(19)9-4-3-8(15)5-12(9)23-7-14(16,17)18/h3-6,19H,2,7H2,1H3/b10-6-. The van der Waals surface area contributed by atoms with Crippen molar-refractivity contribution in [1.82, 2.24) is 0 Å². The molecule has 0 bridgehead atoms. The van der Waals surface area contributed by atoms with Gasteiger partial charge in [-0.2, -0.15) is 13.2 Å². The Hall–Kier alpha value is -2.58. The van der Waals surface area contributed by atoms with E-state index in [0.29, 0.717) is 12.1 Å². The van der Waals surface area contributed by atoms with Crippen molar-refractivity contribution in [2.24, 2.45) is 0 Å². The number of alkyl halides is 3. The number of esters is 1. The van der Waals surface area contributed by atoms with Gasteiger partial charge >= 0.3 is 12.1 Å². The molecule has 0 saturated heterocycles. The van der Waals surface area contributed by atoms with Crippen LogP contribution in [0, 0.1) is 5.82 Å². The molecular weight excluding hydrogens is 324 g/mol. The molecule has 0 spiro atoms. The molecule has 0 aliphatic rings. The van der Waals surface area contributed by atoms with Crippen LogP contribution in [-0.4, -0.2) is 36.2 Å². The smallest absolute Gasteiger partial charge is 0.422 e. The summed E-state index contributed by atoms with van der Waals surface area (Å²) in [6.07, 6.45) is -4.23. The molecule has 1 aromatic carbocycles. The first-order valence-corrected chi connectivity index (χ1v) is 6.25. The molecule has 0 amide bonds. The molecule has 1 N–H and O–H groups in total. The predicted octanol–water partition coefficient (Wildman–Crippen LogP) is 2.80. The number of aliphatic hydroxyl groups is 1. The van der Waals surface area contributed by atoms with Crippen LogP contribution < -0.4 is 4.74 Å². The molecule has 0 fully saturated rings. The van der Waals surface area contributed by atoms with Crippen molar-refractivity contribution in [3.05, 3.63) is 35.7 Å². The number of carbonyl (C=O) groups excluding carboxylic acids is 2. The third kappa shape index (κ3) is 5.97. The van der Waals surface area contributed by atoms with Gasteiger partial charge in [0.05, 0.1) is 12.2 Å². The zero-order valence-corrected chi connectivity index (χ0v) is 11.8. The van der Waals surface area contributed by atoms with E-state index in [1.54, 1.807) is 0 Å². The summed E-state index contributed by atoms with van der Waals surface area (Å²) in [6, 6.07) is 2.36. The Morgan fingerprint density at radius 1 is 1.30 bits per heavy atom. The van der Waals surface area contributed by atoms with Crippen LogP contribution in [0.5, 0.6) is 5.75 Å². The van der Waals surface area contributed by atoms with Crippen molar-refractivity contribution < 1.29 is 41.7 Å². The van der Waals surface area contributed by atoms with Crippen molar-refractivity contribution in [3.8, 4) is 5.75 Å². The molecule has 9 heteroatoms. The maximum Gasteiger partial charge on any atom is 0.422 e. The Morgan fingerprint density at radius 3 is 2.52 bits per heavy atom. The Morgan fingerprint density at radius 2 is 1.96 bits per heavy atom. The van der Waals surface area contributed by atoms with Gasteiger partial charge in [-0.05, 0) is 19.1 Å². The highest BCUT2D eigenvalue weighted by Gasteiger charge is 2.29. The number of hydrogen-bond donors (Lipinski definition) is 1. The number of benzene rings is 1. The average molecular weight is 336 g/mol. The molecule has 0 atom stereocenters. The maximum atomic E-state index is 13.1. The lowest BCUT2D eigenvalue weighted by Gasteiger charge is -2.13. The van der Waals surface area contributed by atoms with Crippen molar-refractivity contribution in [2.45, 2.75) is 13.1 Å². The normalized spacial score (nSPS) is 12.0. The van der Waals surface area contributed by atoms with Gasteiger partial charge in [-0.3, -0.25) is 4.79 Å². The van der Waals surface area contributed by atoms with Crippen LogP contribution in [0.3, 0.4) is 0 Å². The molecule has 23 heavy (non-hydrogen) atoms. The number of hydrogen-bond acceptors (Lipinski definition) is 5. The van der Waals surface area contributed by atoms with E-state index in [1.807, 2.05) is 0 Å². The van der Waals surface area contributed by atoms with Gasteiger partial charge in [-0.25, -0.2) is 9.18 Å². The molecule has 1 rings (SSSR count). The predicted molar refractivity (Wildman–Crippen MR) is 70.2 cm³/mol. The summed E-state index contributed by atoms with van der Waals surface area (Å²) in [7, 11) is 0. The SMILES string of the molecule is CCOC(=O)C(=O)/C=C(\O)c1ccc(F)cc1OCC(F)(F)F. The molecule has 0 aromatic heterocycles. The largest absolute Gasteiger partial charge is 0.507 e. The van der Waals surface area contributed by atoms with Gasteiger partial charge in [0, 0.05) is 12.1 Å². The number of halogens is 4. The molecular formula is C14H12F4O5. The Bertz CT molecular complexity index is 622. The van der Waals surface area contributed by atoms with Crippen molar-refractivity contribution in [3.63, 3.8) is 0 Å². The fraction of sp³-hybridized carbons (Fsp3) is 0.286. The Balaban J connectivity index is 3.06. The Kier molecular flexibility index (Phi) is 6.11.